The van der Waals surface area contributed by atoms with E-state index in [1.807, 2.05) is 19.2 Å². The summed E-state index contributed by atoms with van der Waals surface area (Å²) in [7, 11) is 0. The fraction of sp³-hybridized carbons (Fsp3) is 0.308. The van der Waals surface area contributed by atoms with Crippen molar-refractivity contribution in [2.75, 3.05) is 11.9 Å². The van der Waals surface area contributed by atoms with E-state index in [2.05, 4.69) is 27.2 Å². The molecule has 0 aliphatic rings. The number of pyridine rings is 1. The zero-order valence-electron chi connectivity index (χ0n) is 10.6. The van der Waals surface area contributed by atoms with Crippen LogP contribution in [-0.4, -0.2) is 21.6 Å². The summed E-state index contributed by atoms with van der Waals surface area (Å²) in [5, 5.41) is 3.16. The molecule has 1 N–H and O–H groups in total. The fourth-order valence-electron chi connectivity index (χ4n) is 1.51. The van der Waals surface area contributed by atoms with Crippen molar-refractivity contribution in [3.63, 3.8) is 0 Å². The normalized spacial score (nSPS) is 10.1. The maximum atomic E-state index is 5.32. The lowest BCUT2D eigenvalue weighted by Crippen LogP contribution is -2.06. The van der Waals surface area contributed by atoms with Crippen molar-refractivity contribution in [1.82, 2.24) is 15.0 Å². The summed E-state index contributed by atoms with van der Waals surface area (Å²) in [5.74, 6) is 1.14. The molecule has 18 heavy (non-hydrogen) atoms. The molecule has 0 aliphatic carbocycles. The maximum absolute atomic E-state index is 5.32. The van der Waals surface area contributed by atoms with Crippen molar-refractivity contribution >= 4 is 5.95 Å². The molecule has 0 aliphatic heterocycles. The van der Waals surface area contributed by atoms with Crippen LogP contribution in [0.1, 0.15) is 18.1 Å². The topological polar surface area (TPSA) is 59.9 Å². The molecule has 5 heteroatoms. The average Bonchev–Trinajstić information content (AvgIpc) is 2.39. The molecule has 0 unspecified atom stereocenters. The molecule has 2 aromatic heterocycles. The van der Waals surface area contributed by atoms with Crippen LogP contribution < -0.4 is 10.1 Å². The van der Waals surface area contributed by atoms with Crippen LogP contribution in [-0.2, 0) is 6.54 Å². The van der Waals surface area contributed by atoms with Gasteiger partial charge in [-0.2, -0.15) is 4.98 Å². The Balaban J connectivity index is 2.02. The molecule has 5 nitrogen and oxygen atoms in total. The Bertz CT molecular complexity index is 516. The summed E-state index contributed by atoms with van der Waals surface area (Å²) in [6.07, 6.45) is 5.30. The Labute approximate surface area is 106 Å². The Kier molecular flexibility index (Phi) is 4.06. The van der Waals surface area contributed by atoms with E-state index in [-0.39, 0.29) is 0 Å². The fourth-order valence-corrected chi connectivity index (χ4v) is 1.51. The smallest absolute Gasteiger partial charge is 0.226 e. The first kappa shape index (κ1) is 12.3. The molecule has 0 aromatic carbocycles. The van der Waals surface area contributed by atoms with E-state index in [0.717, 1.165) is 5.56 Å². The summed E-state index contributed by atoms with van der Waals surface area (Å²) in [6.45, 7) is 5.22. The lowest BCUT2D eigenvalue weighted by Gasteiger charge is -2.08. The van der Waals surface area contributed by atoms with Gasteiger partial charge in [0.15, 0.2) is 0 Å². The molecule has 0 bridgehead atoms. The lowest BCUT2D eigenvalue weighted by molar-refractivity contribution is 0.326. The molecule has 0 atom stereocenters. The Morgan fingerprint density at radius 2 is 2.17 bits per heavy atom. The number of aryl methyl sites for hydroxylation is 1. The SMILES string of the molecule is CCOc1ccnc(NCc2cnccc2C)n1. The molecule has 0 fully saturated rings. The zero-order chi connectivity index (χ0) is 12.8. The second-order valence-corrected chi connectivity index (χ2v) is 3.81. The maximum Gasteiger partial charge on any atom is 0.226 e. The van der Waals surface area contributed by atoms with E-state index in [0.29, 0.717) is 25.0 Å². The van der Waals surface area contributed by atoms with Crippen LogP contribution >= 0.6 is 0 Å². The van der Waals surface area contributed by atoms with Crippen molar-refractivity contribution in [3.8, 4) is 5.88 Å². The first-order valence-electron chi connectivity index (χ1n) is 5.89. The highest BCUT2D eigenvalue weighted by Gasteiger charge is 2.01. The van der Waals surface area contributed by atoms with Gasteiger partial charge < -0.3 is 10.1 Å². The van der Waals surface area contributed by atoms with E-state index in [1.54, 1.807) is 18.5 Å². The minimum Gasteiger partial charge on any atom is -0.478 e. The predicted octanol–water partition coefficient (Wildman–Crippen LogP) is 2.19. The third kappa shape index (κ3) is 3.16. The molecule has 2 heterocycles. The van der Waals surface area contributed by atoms with Crippen LogP contribution in [0, 0.1) is 6.92 Å². The average molecular weight is 244 g/mol. The summed E-state index contributed by atoms with van der Waals surface area (Å²) in [4.78, 5) is 12.5. The van der Waals surface area contributed by atoms with Crippen LogP contribution in [0.3, 0.4) is 0 Å². The highest BCUT2D eigenvalue weighted by molar-refractivity contribution is 5.31. The van der Waals surface area contributed by atoms with E-state index in [1.165, 1.54) is 5.56 Å². The minimum atomic E-state index is 0.559. The zero-order valence-corrected chi connectivity index (χ0v) is 10.6. The van der Waals surface area contributed by atoms with Gasteiger partial charge in [-0.3, -0.25) is 4.98 Å². The highest BCUT2D eigenvalue weighted by atomic mass is 16.5. The van der Waals surface area contributed by atoms with Crippen molar-refractivity contribution in [3.05, 3.63) is 41.9 Å². The van der Waals surface area contributed by atoms with E-state index in [9.17, 15) is 0 Å². The number of rotatable bonds is 5. The predicted molar refractivity (Wildman–Crippen MR) is 69.5 cm³/mol. The molecule has 2 aromatic rings. The van der Waals surface area contributed by atoms with Crippen LogP contribution in [0.4, 0.5) is 5.95 Å². The quantitative estimate of drug-likeness (QED) is 0.873. The molecular weight excluding hydrogens is 228 g/mol. The third-order valence-corrected chi connectivity index (χ3v) is 2.51. The van der Waals surface area contributed by atoms with Crippen LogP contribution in [0.25, 0.3) is 0 Å². The minimum absolute atomic E-state index is 0.559. The number of nitrogens with zero attached hydrogens (tertiary/aromatic N) is 3. The number of anilines is 1. The Morgan fingerprint density at radius 1 is 1.28 bits per heavy atom. The van der Waals surface area contributed by atoms with Gasteiger partial charge in [-0.15, -0.1) is 0 Å². The first-order chi connectivity index (χ1) is 8.79. The van der Waals surface area contributed by atoms with Gasteiger partial charge in [0.25, 0.3) is 0 Å². The van der Waals surface area contributed by atoms with E-state index >= 15 is 0 Å². The summed E-state index contributed by atoms with van der Waals surface area (Å²) in [6, 6.07) is 3.72. The highest BCUT2D eigenvalue weighted by Crippen LogP contribution is 2.10. The first-order valence-corrected chi connectivity index (χ1v) is 5.89. The number of nitrogens with one attached hydrogen (secondary N) is 1. The van der Waals surface area contributed by atoms with Crippen LogP contribution in [0.2, 0.25) is 0 Å². The molecule has 94 valence electrons. The Morgan fingerprint density at radius 3 is 2.94 bits per heavy atom. The van der Waals surface area contributed by atoms with Crippen molar-refractivity contribution in [2.24, 2.45) is 0 Å². The number of hydrogen-bond donors (Lipinski definition) is 1. The number of ether oxygens (including phenoxy) is 1. The van der Waals surface area contributed by atoms with Crippen molar-refractivity contribution in [1.29, 1.82) is 0 Å². The lowest BCUT2D eigenvalue weighted by atomic mass is 10.2. The molecule has 0 saturated carbocycles. The van der Waals surface area contributed by atoms with Gasteiger partial charge in [0.1, 0.15) is 0 Å². The van der Waals surface area contributed by atoms with Crippen molar-refractivity contribution in [2.45, 2.75) is 20.4 Å². The van der Waals surface area contributed by atoms with Crippen molar-refractivity contribution < 1.29 is 4.74 Å². The molecule has 0 amide bonds. The third-order valence-electron chi connectivity index (χ3n) is 2.51. The molecule has 0 spiro atoms. The van der Waals surface area contributed by atoms with E-state index in [4.69, 9.17) is 4.74 Å². The Hall–Kier alpha value is -2.17. The summed E-state index contributed by atoms with van der Waals surface area (Å²) >= 11 is 0. The van der Waals surface area contributed by atoms with Gasteiger partial charge >= 0.3 is 0 Å². The number of aromatic nitrogens is 3. The second kappa shape index (κ2) is 5.95. The second-order valence-electron chi connectivity index (χ2n) is 3.81. The molecule has 2 rings (SSSR count). The molecular formula is C13H16N4O. The summed E-state index contributed by atoms with van der Waals surface area (Å²) < 4.78 is 5.32. The van der Waals surface area contributed by atoms with Crippen LogP contribution in [0.15, 0.2) is 30.7 Å². The van der Waals surface area contributed by atoms with Gasteiger partial charge in [-0.1, -0.05) is 0 Å². The van der Waals surface area contributed by atoms with E-state index < -0.39 is 0 Å². The van der Waals surface area contributed by atoms with Crippen LogP contribution in [0.5, 0.6) is 5.88 Å². The van der Waals surface area contributed by atoms with Gasteiger partial charge in [-0.05, 0) is 31.0 Å². The summed E-state index contributed by atoms with van der Waals surface area (Å²) in [5.41, 5.74) is 2.32. The largest absolute Gasteiger partial charge is 0.478 e. The van der Waals surface area contributed by atoms with Gasteiger partial charge in [-0.25, -0.2) is 4.98 Å². The standard InChI is InChI=1S/C13H16N4O/c1-3-18-12-5-7-15-13(17-12)16-9-11-8-14-6-4-10(11)2/h4-8H,3,9H2,1-2H3,(H,15,16,17). The molecule has 0 saturated heterocycles. The molecule has 0 radical (unpaired) electrons. The van der Waals surface area contributed by atoms with Gasteiger partial charge in [0, 0.05) is 31.2 Å². The van der Waals surface area contributed by atoms with Gasteiger partial charge in [0.05, 0.1) is 6.61 Å². The van der Waals surface area contributed by atoms with Gasteiger partial charge in [0.2, 0.25) is 11.8 Å². The monoisotopic (exact) mass is 244 g/mol. The number of hydrogen-bond acceptors (Lipinski definition) is 5.